The predicted molar refractivity (Wildman–Crippen MR) is 57.8 cm³/mol. The van der Waals surface area contributed by atoms with E-state index in [1.165, 1.54) is 6.08 Å². The van der Waals surface area contributed by atoms with Crippen molar-refractivity contribution < 1.29 is 18.4 Å². The van der Waals surface area contributed by atoms with Crippen LogP contribution in [0, 0.1) is 0 Å². The van der Waals surface area contributed by atoms with Crippen molar-refractivity contribution in [3.63, 3.8) is 0 Å². The smallest absolute Gasteiger partial charge is 0.306 e. The topological polar surface area (TPSA) is 52.6 Å². The standard InChI is InChI=1S/C10H17O4P/c1-3-13-15(12,14-4-2)10-7-5-6-9(11)8-10/h8H,3-7H2,1-2H3. The molecule has 0 atom stereocenters. The molecule has 0 saturated heterocycles. The molecule has 0 aromatic heterocycles. The van der Waals surface area contributed by atoms with Crippen LogP contribution in [-0.4, -0.2) is 19.0 Å². The van der Waals surface area contributed by atoms with E-state index in [1.807, 2.05) is 0 Å². The van der Waals surface area contributed by atoms with E-state index in [-0.39, 0.29) is 5.78 Å². The van der Waals surface area contributed by atoms with Gasteiger partial charge in [-0.15, -0.1) is 0 Å². The van der Waals surface area contributed by atoms with Gasteiger partial charge in [0, 0.05) is 11.7 Å². The van der Waals surface area contributed by atoms with Crippen LogP contribution in [0.3, 0.4) is 0 Å². The summed E-state index contributed by atoms with van der Waals surface area (Å²) in [7, 11) is -3.19. The SMILES string of the molecule is CCOP(=O)(OCC)C1=CC(=O)CCC1. The second-order valence-electron chi connectivity index (χ2n) is 3.29. The van der Waals surface area contributed by atoms with Crippen molar-refractivity contribution in [2.45, 2.75) is 33.1 Å². The highest BCUT2D eigenvalue weighted by Gasteiger charge is 2.31. The van der Waals surface area contributed by atoms with Gasteiger partial charge in [-0.3, -0.25) is 9.36 Å². The molecule has 0 heterocycles. The van der Waals surface area contributed by atoms with Crippen LogP contribution in [0.1, 0.15) is 33.1 Å². The molecule has 0 aliphatic heterocycles. The summed E-state index contributed by atoms with van der Waals surface area (Å²) in [6, 6.07) is 0. The average Bonchev–Trinajstić information content (AvgIpc) is 2.18. The molecule has 0 spiro atoms. The molecule has 0 radical (unpaired) electrons. The van der Waals surface area contributed by atoms with Crippen molar-refractivity contribution in [3.8, 4) is 0 Å². The summed E-state index contributed by atoms with van der Waals surface area (Å²) < 4.78 is 22.6. The fraction of sp³-hybridized carbons (Fsp3) is 0.700. The summed E-state index contributed by atoms with van der Waals surface area (Å²) in [5.74, 6) is 0.0101. The lowest BCUT2D eigenvalue weighted by molar-refractivity contribution is -0.115. The minimum Gasteiger partial charge on any atom is -0.306 e. The lowest BCUT2D eigenvalue weighted by Crippen LogP contribution is -2.06. The minimum absolute atomic E-state index is 0.0101. The number of rotatable bonds is 5. The first kappa shape index (κ1) is 12.6. The van der Waals surface area contributed by atoms with Crippen molar-refractivity contribution >= 4 is 13.4 Å². The quantitative estimate of drug-likeness (QED) is 0.684. The third kappa shape index (κ3) is 3.26. The maximum absolute atomic E-state index is 12.2. The zero-order chi connectivity index (χ0) is 11.3. The van der Waals surface area contributed by atoms with E-state index in [9.17, 15) is 9.36 Å². The largest absolute Gasteiger partial charge is 0.357 e. The van der Waals surface area contributed by atoms with E-state index < -0.39 is 7.60 Å². The van der Waals surface area contributed by atoms with Crippen LogP contribution in [0.25, 0.3) is 0 Å². The fourth-order valence-corrected chi connectivity index (χ4v) is 3.35. The third-order valence-corrected chi connectivity index (χ3v) is 4.39. The van der Waals surface area contributed by atoms with Crippen molar-refractivity contribution in [1.82, 2.24) is 0 Å². The molecule has 0 bridgehead atoms. The van der Waals surface area contributed by atoms with Crippen LogP contribution in [0.15, 0.2) is 11.4 Å². The molecule has 0 aromatic carbocycles. The van der Waals surface area contributed by atoms with Crippen LogP contribution in [0.2, 0.25) is 0 Å². The van der Waals surface area contributed by atoms with E-state index in [2.05, 4.69) is 0 Å². The maximum Gasteiger partial charge on any atom is 0.357 e. The molecule has 0 amide bonds. The predicted octanol–water partition coefficient (Wildman–Crippen LogP) is 2.89. The summed E-state index contributed by atoms with van der Waals surface area (Å²) in [6.45, 7) is 4.17. The molecule has 1 aliphatic carbocycles. The molecule has 0 saturated carbocycles. The highest BCUT2D eigenvalue weighted by Crippen LogP contribution is 2.58. The van der Waals surface area contributed by atoms with Gasteiger partial charge in [-0.05, 0) is 32.8 Å². The van der Waals surface area contributed by atoms with E-state index in [1.54, 1.807) is 13.8 Å². The number of hydrogen-bond donors (Lipinski definition) is 0. The number of allylic oxidation sites excluding steroid dienone is 2. The highest BCUT2D eigenvalue weighted by molar-refractivity contribution is 7.58. The zero-order valence-electron chi connectivity index (χ0n) is 9.19. The van der Waals surface area contributed by atoms with Gasteiger partial charge in [0.25, 0.3) is 0 Å². The molecule has 4 nitrogen and oxygen atoms in total. The van der Waals surface area contributed by atoms with Gasteiger partial charge in [-0.1, -0.05) is 0 Å². The van der Waals surface area contributed by atoms with Crippen LogP contribution in [0.5, 0.6) is 0 Å². The van der Waals surface area contributed by atoms with Crippen LogP contribution in [0.4, 0.5) is 0 Å². The first-order valence-corrected chi connectivity index (χ1v) is 6.79. The van der Waals surface area contributed by atoms with Gasteiger partial charge in [0.1, 0.15) is 0 Å². The highest BCUT2D eigenvalue weighted by atomic mass is 31.2. The Kier molecular flexibility index (Phi) is 4.71. The number of carbonyl (C=O) groups excluding carboxylic acids is 1. The summed E-state index contributed by atoms with van der Waals surface area (Å²) in [5.41, 5.74) is 0. The minimum atomic E-state index is -3.19. The van der Waals surface area contributed by atoms with Gasteiger partial charge in [-0.2, -0.15) is 0 Å². The lowest BCUT2D eigenvalue weighted by Gasteiger charge is -2.21. The van der Waals surface area contributed by atoms with E-state index in [4.69, 9.17) is 9.05 Å². The van der Waals surface area contributed by atoms with Crippen LogP contribution in [-0.2, 0) is 18.4 Å². The first-order chi connectivity index (χ1) is 7.12. The van der Waals surface area contributed by atoms with Gasteiger partial charge < -0.3 is 9.05 Å². The number of ketones is 1. The van der Waals surface area contributed by atoms with Gasteiger partial charge in [0.05, 0.1) is 13.2 Å². The Morgan fingerprint density at radius 3 is 2.33 bits per heavy atom. The number of carbonyl (C=O) groups is 1. The summed E-state index contributed by atoms with van der Waals surface area (Å²) in [5, 5.41) is 0.530. The molecule has 1 rings (SSSR count). The average molecular weight is 232 g/mol. The normalized spacial score (nSPS) is 17.7. The molecule has 0 N–H and O–H groups in total. The molecule has 0 aromatic rings. The van der Waals surface area contributed by atoms with Crippen molar-refractivity contribution in [2.24, 2.45) is 0 Å². The molecule has 0 unspecified atom stereocenters. The molecular formula is C10H17O4P. The summed E-state index contributed by atoms with van der Waals surface area (Å²) in [6.07, 6.45) is 3.31. The van der Waals surface area contributed by atoms with Crippen molar-refractivity contribution in [2.75, 3.05) is 13.2 Å². The lowest BCUT2D eigenvalue weighted by atomic mass is 10.1. The molecular weight excluding hydrogens is 215 g/mol. The van der Waals surface area contributed by atoms with Crippen molar-refractivity contribution in [3.05, 3.63) is 11.4 Å². The Labute approximate surface area is 90.2 Å². The Bertz CT molecular complexity index is 299. The van der Waals surface area contributed by atoms with Crippen LogP contribution >= 0.6 is 7.60 Å². The van der Waals surface area contributed by atoms with E-state index in [0.717, 1.165) is 6.42 Å². The van der Waals surface area contributed by atoms with Gasteiger partial charge >= 0.3 is 7.60 Å². The second kappa shape index (κ2) is 5.59. The fourth-order valence-electron chi connectivity index (χ4n) is 1.53. The Morgan fingerprint density at radius 2 is 1.87 bits per heavy atom. The Morgan fingerprint density at radius 1 is 1.27 bits per heavy atom. The van der Waals surface area contributed by atoms with Crippen molar-refractivity contribution in [1.29, 1.82) is 0 Å². The monoisotopic (exact) mass is 232 g/mol. The molecule has 15 heavy (non-hydrogen) atoms. The molecule has 5 heteroatoms. The van der Waals surface area contributed by atoms with E-state index in [0.29, 0.717) is 31.4 Å². The molecule has 86 valence electrons. The van der Waals surface area contributed by atoms with Gasteiger partial charge in [0.2, 0.25) is 0 Å². The summed E-state index contributed by atoms with van der Waals surface area (Å²) >= 11 is 0. The first-order valence-electron chi connectivity index (χ1n) is 5.25. The molecule has 0 fully saturated rings. The van der Waals surface area contributed by atoms with Gasteiger partial charge in [-0.25, -0.2) is 0 Å². The maximum atomic E-state index is 12.2. The Balaban J connectivity index is 2.88. The third-order valence-electron chi connectivity index (χ3n) is 2.13. The second-order valence-corrected chi connectivity index (χ2v) is 5.37. The van der Waals surface area contributed by atoms with Gasteiger partial charge in [0.15, 0.2) is 5.78 Å². The van der Waals surface area contributed by atoms with E-state index >= 15 is 0 Å². The van der Waals surface area contributed by atoms with Crippen LogP contribution < -0.4 is 0 Å². The Hall–Kier alpha value is -0.440. The molecule has 1 aliphatic rings. The number of hydrogen-bond acceptors (Lipinski definition) is 4. The summed E-state index contributed by atoms with van der Waals surface area (Å²) in [4.78, 5) is 11.2. The zero-order valence-corrected chi connectivity index (χ0v) is 10.1.